The summed E-state index contributed by atoms with van der Waals surface area (Å²) in [5.74, 6) is -0.211. The third-order valence-corrected chi connectivity index (χ3v) is 7.37. The quantitative estimate of drug-likeness (QED) is 0.166. The number of alkyl halides is 3. The number of halogens is 4. The molecule has 226 valence electrons. The summed E-state index contributed by atoms with van der Waals surface area (Å²) < 4.78 is 48.5. The van der Waals surface area contributed by atoms with Gasteiger partial charge < -0.3 is 15.4 Å². The second-order valence-electron chi connectivity index (χ2n) is 9.99. The van der Waals surface area contributed by atoms with E-state index in [1.807, 2.05) is 42.5 Å². The first kappa shape index (κ1) is 30.7. The van der Waals surface area contributed by atoms with Crippen LogP contribution in [0.25, 0.3) is 10.9 Å². The van der Waals surface area contributed by atoms with E-state index in [-0.39, 0.29) is 22.4 Å². The first-order chi connectivity index (χ1) is 21.0. The number of hydrogen-bond acceptors (Lipinski definition) is 5. The number of nitrogens with one attached hydrogen (secondary N) is 2. The molecule has 5 rings (SSSR count). The molecule has 3 aromatic carbocycles. The SMILES string of the molecule is Cc1nn(Cc2ccc(C(=O)NCCOc3ccccc3)cc2)c(C)c1NC(=O)c1cc(C(F)(F)F)nc2ccc(Br)cc12. The van der Waals surface area contributed by atoms with E-state index in [1.54, 1.807) is 42.8 Å². The van der Waals surface area contributed by atoms with Crippen LogP contribution in [0, 0.1) is 13.8 Å². The summed E-state index contributed by atoms with van der Waals surface area (Å²) >= 11 is 3.31. The zero-order chi connectivity index (χ0) is 31.4. The van der Waals surface area contributed by atoms with Crippen LogP contribution in [0.5, 0.6) is 5.75 Å². The summed E-state index contributed by atoms with van der Waals surface area (Å²) in [4.78, 5) is 29.6. The minimum atomic E-state index is -4.72. The number of hydrogen-bond donors (Lipinski definition) is 2. The van der Waals surface area contributed by atoms with Crippen molar-refractivity contribution in [3.05, 3.63) is 117 Å². The Kier molecular flexibility index (Phi) is 9.00. The zero-order valence-corrected chi connectivity index (χ0v) is 25.3. The molecule has 2 N–H and O–H groups in total. The smallest absolute Gasteiger partial charge is 0.433 e. The molecule has 0 bridgehead atoms. The van der Waals surface area contributed by atoms with Crippen molar-refractivity contribution in [1.82, 2.24) is 20.1 Å². The van der Waals surface area contributed by atoms with Crippen molar-refractivity contribution in [1.29, 1.82) is 0 Å². The first-order valence-electron chi connectivity index (χ1n) is 13.6. The lowest BCUT2D eigenvalue weighted by Gasteiger charge is -2.13. The van der Waals surface area contributed by atoms with Crippen LogP contribution in [0.2, 0.25) is 0 Å². The van der Waals surface area contributed by atoms with Crippen LogP contribution < -0.4 is 15.4 Å². The highest BCUT2D eigenvalue weighted by Gasteiger charge is 2.34. The third kappa shape index (κ3) is 7.08. The Bertz CT molecular complexity index is 1820. The van der Waals surface area contributed by atoms with E-state index in [2.05, 4.69) is 36.6 Å². The van der Waals surface area contributed by atoms with E-state index < -0.39 is 17.8 Å². The van der Waals surface area contributed by atoms with Crippen molar-refractivity contribution in [3.8, 4) is 5.75 Å². The predicted molar refractivity (Wildman–Crippen MR) is 164 cm³/mol. The number of aromatic nitrogens is 3. The van der Waals surface area contributed by atoms with Gasteiger partial charge in [0.15, 0.2) is 0 Å². The number of rotatable bonds is 9. The molecule has 12 heteroatoms. The van der Waals surface area contributed by atoms with Crippen LogP contribution >= 0.6 is 15.9 Å². The summed E-state index contributed by atoms with van der Waals surface area (Å²) in [5, 5.41) is 10.4. The Hall–Kier alpha value is -4.71. The van der Waals surface area contributed by atoms with Gasteiger partial charge in [-0.1, -0.05) is 46.3 Å². The van der Waals surface area contributed by atoms with Crippen LogP contribution in [0.15, 0.2) is 83.3 Å². The Morgan fingerprint density at radius 2 is 1.68 bits per heavy atom. The van der Waals surface area contributed by atoms with Gasteiger partial charge in [-0.15, -0.1) is 0 Å². The fourth-order valence-corrected chi connectivity index (χ4v) is 4.99. The van der Waals surface area contributed by atoms with Crippen LogP contribution in [-0.4, -0.2) is 39.7 Å². The molecule has 2 amide bonds. The summed E-state index contributed by atoms with van der Waals surface area (Å²) in [6.07, 6.45) is -4.72. The first-order valence-corrected chi connectivity index (χ1v) is 14.4. The molecule has 0 aliphatic rings. The lowest BCUT2D eigenvalue weighted by Crippen LogP contribution is -2.28. The molecule has 44 heavy (non-hydrogen) atoms. The number of pyridine rings is 1. The number of anilines is 1. The molecule has 0 spiro atoms. The van der Waals surface area contributed by atoms with E-state index in [0.29, 0.717) is 46.8 Å². The lowest BCUT2D eigenvalue weighted by atomic mass is 10.1. The largest absolute Gasteiger partial charge is 0.492 e. The van der Waals surface area contributed by atoms with E-state index in [1.165, 1.54) is 6.07 Å². The highest BCUT2D eigenvalue weighted by Crippen LogP contribution is 2.33. The van der Waals surface area contributed by atoms with Gasteiger partial charge in [0.25, 0.3) is 11.8 Å². The molecular weight excluding hydrogens is 639 g/mol. The summed E-state index contributed by atoms with van der Waals surface area (Å²) in [6, 6.07) is 21.7. The van der Waals surface area contributed by atoms with Gasteiger partial charge in [0.2, 0.25) is 0 Å². The number of benzene rings is 3. The summed E-state index contributed by atoms with van der Waals surface area (Å²) in [6.45, 7) is 4.50. The number of para-hydroxylation sites is 1. The number of nitrogens with zero attached hydrogens (tertiary/aromatic N) is 3. The monoisotopic (exact) mass is 665 g/mol. The second-order valence-corrected chi connectivity index (χ2v) is 10.9. The van der Waals surface area contributed by atoms with E-state index >= 15 is 0 Å². The van der Waals surface area contributed by atoms with Crippen LogP contribution in [0.3, 0.4) is 0 Å². The predicted octanol–water partition coefficient (Wildman–Crippen LogP) is 6.94. The van der Waals surface area contributed by atoms with Crippen LogP contribution in [0.1, 0.15) is 43.4 Å². The minimum Gasteiger partial charge on any atom is -0.492 e. The number of ether oxygens (including phenoxy) is 1. The Balaban J connectivity index is 1.26. The second kappa shape index (κ2) is 12.9. The standard InChI is InChI=1S/C32H27BrF3N5O3/c1-19-29(39-31(43)26-17-28(32(34,35)36)38-27-13-12-23(33)16-25(26)27)20(2)41(40-19)18-21-8-10-22(11-9-21)30(42)37-14-15-44-24-6-4-3-5-7-24/h3-13,16-17H,14-15,18H2,1-2H3,(H,37,42)(H,39,43). The number of carbonyl (C=O) groups is 2. The number of aryl methyl sites for hydroxylation is 1. The van der Waals surface area contributed by atoms with Gasteiger partial charge >= 0.3 is 6.18 Å². The van der Waals surface area contributed by atoms with E-state index in [4.69, 9.17) is 4.74 Å². The van der Waals surface area contributed by atoms with Crippen molar-refractivity contribution in [2.24, 2.45) is 0 Å². The van der Waals surface area contributed by atoms with Gasteiger partial charge in [0, 0.05) is 15.4 Å². The topological polar surface area (TPSA) is 98.1 Å². The average molecular weight is 666 g/mol. The molecule has 0 saturated heterocycles. The Morgan fingerprint density at radius 1 is 0.955 bits per heavy atom. The number of amides is 2. The van der Waals surface area contributed by atoms with Gasteiger partial charge in [-0.2, -0.15) is 18.3 Å². The van der Waals surface area contributed by atoms with Gasteiger partial charge in [-0.3, -0.25) is 14.3 Å². The van der Waals surface area contributed by atoms with E-state index in [9.17, 15) is 22.8 Å². The van der Waals surface area contributed by atoms with Crippen molar-refractivity contribution in [2.75, 3.05) is 18.5 Å². The third-order valence-electron chi connectivity index (χ3n) is 6.87. The fraction of sp³-hybridized carbons (Fsp3) is 0.188. The van der Waals surface area contributed by atoms with Gasteiger partial charge in [0.1, 0.15) is 18.1 Å². The molecule has 0 fully saturated rings. The summed E-state index contributed by atoms with van der Waals surface area (Å²) in [5.41, 5.74) is 1.61. The Morgan fingerprint density at radius 3 is 2.39 bits per heavy atom. The summed E-state index contributed by atoms with van der Waals surface area (Å²) in [7, 11) is 0. The number of fused-ring (bicyclic) bond motifs is 1. The molecular formula is C32H27BrF3N5O3. The molecule has 0 aliphatic heterocycles. The molecule has 5 aromatic rings. The lowest BCUT2D eigenvalue weighted by molar-refractivity contribution is -0.141. The van der Waals surface area contributed by atoms with Gasteiger partial charge in [-0.25, -0.2) is 4.98 Å². The van der Waals surface area contributed by atoms with Crippen molar-refractivity contribution < 1.29 is 27.5 Å². The average Bonchev–Trinajstić information content (AvgIpc) is 3.26. The van der Waals surface area contributed by atoms with Crippen LogP contribution in [-0.2, 0) is 12.7 Å². The molecule has 0 atom stereocenters. The van der Waals surface area contributed by atoms with Gasteiger partial charge in [0.05, 0.1) is 41.2 Å². The maximum atomic E-state index is 13.6. The molecule has 0 radical (unpaired) electrons. The zero-order valence-electron chi connectivity index (χ0n) is 23.7. The minimum absolute atomic E-state index is 0.0509. The van der Waals surface area contributed by atoms with Crippen molar-refractivity contribution in [2.45, 2.75) is 26.6 Å². The molecule has 2 heterocycles. The molecule has 8 nitrogen and oxygen atoms in total. The molecule has 2 aromatic heterocycles. The maximum absolute atomic E-state index is 13.6. The normalized spacial score (nSPS) is 11.4. The molecule has 0 saturated carbocycles. The highest BCUT2D eigenvalue weighted by atomic mass is 79.9. The highest BCUT2D eigenvalue weighted by molar-refractivity contribution is 9.10. The van der Waals surface area contributed by atoms with Crippen LogP contribution in [0.4, 0.5) is 18.9 Å². The molecule has 0 aliphatic carbocycles. The number of carbonyl (C=O) groups excluding carboxylic acids is 2. The maximum Gasteiger partial charge on any atom is 0.433 e. The molecule has 0 unspecified atom stereocenters. The van der Waals surface area contributed by atoms with Crippen molar-refractivity contribution in [3.63, 3.8) is 0 Å². The Labute approximate surface area is 259 Å². The van der Waals surface area contributed by atoms with Gasteiger partial charge in [-0.05, 0) is 67.9 Å². The fourth-order valence-electron chi connectivity index (χ4n) is 4.63. The van der Waals surface area contributed by atoms with Crippen molar-refractivity contribution >= 4 is 44.3 Å². The van der Waals surface area contributed by atoms with E-state index in [0.717, 1.165) is 17.4 Å².